The summed E-state index contributed by atoms with van der Waals surface area (Å²) in [6.45, 7) is 0. The molecular weight excluding hydrogens is 405 g/mol. The smallest absolute Gasteiger partial charge is 0.294 e. The van der Waals surface area contributed by atoms with E-state index in [0.29, 0.717) is 0 Å². The van der Waals surface area contributed by atoms with Gasteiger partial charge in [0.1, 0.15) is 0 Å². The molecule has 0 saturated heterocycles. The van der Waals surface area contributed by atoms with Crippen LogP contribution in [0.4, 0.5) is 5.69 Å². The van der Waals surface area contributed by atoms with Crippen LogP contribution in [0.15, 0.2) is 63.2 Å². The van der Waals surface area contributed by atoms with Gasteiger partial charge in [-0.2, -0.15) is 8.42 Å². The fourth-order valence-electron chi connectivity index (χ4n) is 2.40. The quantitative estimate of drug-likeness (QED) is 0.194. The molecule has 0 spiro atoms. The Morgan fingerprint density at radius 3 is 2.26 bits per heavy atom. The molecule has 0 bridgehead atoms. The Kier molecular flexibility index (Phi) is 6.40. The number of aromatic hydroxyl groups is 2. The third-order valence-corrected chi connectivity index (χ3v) is 5.57. The Balaban J connectivity index is 0.00000261. The van der Waals surface area contributed by atoms with E-state index in [4.69, 9.17) is 0 Å². The molecule has 0 atom stereocenters. The molecule has 0 saturated carbocycles. The van der Waals surface area contributed by atoms with E-state index in [9.17, 15) is 33.3 Å². The van der Waals surface area contributed by atoms with Crippen LogP contribution in [-0.2, 0) is 10.1 Å². The molecule has 0 aliphatic carbocycles. The molecule has 0 amide bonds. The molecule has 3 N–H and O–H groups in total. The van der Waals surface area contributed by atoms with Crippen molar-refractivity contribution >= 4 is 67.9 Å². The second-order valence-corrected chi connectivity index (χ2v) is 7.76. The fraction of sp³-hybridized carbons (Fsp3) is 0. The minimum Gasteiger partial charge on any atom is -0.504 e. The molecule has 11 heteroatoms. The topological polar surface area (TPSA) is 138 Å². The third-order valence-electron chi connectivity index (χ3n) is 3.60. The van der Waals surface area contributed by atoms with Crippen LogP contribution < -0.4 is 0 Å². The normalized spacial score (nSPS) is 11.1. The van der Waals surface area contributed by atoms with Crippen molar-refractivity contribution in [1.82, 2.24) is 0 Å². The van der Waals surface area contributed by atoms with Crippen molar-refractivity contribution in [3.8, 4) is 11.5 Å². The maximum Gasteiger partial charge on any atom is 0.294 e. The second kappa shape index (κ2) is 8.05. The van der Waals surface area contributed by atoms with Crippen molar-refractivity contribution in [3.63, 3.8) is 0 Å². The summed E-state index contributed by atoms with van der Waals surface area (Å²) in [5.74, 6) is -0.924. The number of hydrogen-bond donors (Lipinski definition) is 3. The maximum absolute atomic E-state index is 11.4. The summed E-state index contributed by atoms with van der Waals surface area (Å²) in [6, 6.07) is 10.5. The first-order chi connectivity index (χ1) is 12.2. The van der Waals surface area contributed by atoms with E-state index in [-0.39, 0.29) is 55.8 Å². The number of phenolic OH excluding ortho intramolecular Hbond substituents is 2. The Morgan fingerprint density at radius 1 is 0.963 bits per heavy atom. The number of hydrogen-bond acceptors (Lipinski definition) is 7. The summed E-state index contributed by atoms with van der Waals surface area (Å²) >= 11 is 0.925. The van der Waals surface area contributed by atoms with Gasteiger partial charge in [0, 0.05) is 51.3 Å². The number of nitro groups is 1. The molecule has 0 unspecified atom stereocenters. The maximum atomic E-state index is 11.4. The van der Waals surface area contributed by atoms with Crippen molar-refractivity contribution in [1.29, 1.82) is 0 Å². The summed E-state index contributed by atoms with van der Waals surface area (Å²) in [5, 5.41) is 31.4. The van der Waals surface area contributed by atoms with E-state index in [1.54, 1.807) is 6.07 Å². The summed E-state index contributed by atoms with van der Waals surface area (Å²) in [4.78, 5) is 10.7. The third kappa shape index (κ3) is 4.37. The first-order valence-corrected chi connectivity index (χ1v) is 9.31. The Hall–Kier alpha value is -1.82. The van der Waals surface area contributed by atoms with Gasteiger partial charge >= 0.3 is 0 Å². The number of fused-ring (bicyclic) bond motifs is 1. The molecule has 0 aliphatic heterocycles. The van der Waals surface area contributed by atoms with E-state index in [2.05, 4.69) is 0 Å². The average molecular weight is 416 g/mol. The Labute approximate surface area is 180 Å². The number of benzene rings is 3. The molecule has 0 fully saturated rings. The molecule has 0 aromatic heterocycles. The summed E-state index contributed by atoms with van der Waals surface area (Å²) in [5.41, 5.74) is -0.163. The standard InChI is InChI=1S/C16H11NO7S2.Na/c18-13-8-15(25-14-4-2-1-3-12(14)17(20)21)11-7-9(26(22,23)24)5-6-10(11)16(13)19;/h1-8,18-19H,(H,22,23,24);. The van der Waals surface area contributed by atoms with Crippen molar-refractivity contribution in [2.75, 3.05) is 0 Å². The molecular formula is C16H11NNaO7S2. The average Bonchev–Trinajstić information content (AvgIpc) is 2.58. The molecule has 27 heavy (non-hydrogen) atoms. The largest absolute Gasteiger partial charge is 0.504 e. The number of nitrogens with zero attached hydrogens (tertiary/aromatic N) is 1. The van der Waals surface area contributed by atoms with Gasteiger partial charge < -0.3 is 10.2 Å². The summed E-state index contributed by atoms with van der Waals surface area (Å²) < 4.78 is 32.0. The van der Waals surface area contributed by atoms with Crippen LogP contribution in [0.25, 0.3) is 10.8 Å². The minimum absolute atomic E-state index is 0. The van der Waals surface area contributed by atoms with Crippen molar-refractivity contribution in [2.45, 2.75) is 14.7 Å². The van der Waals surface area contributed by atoms with Gasteiger partial charge in [0.2, 0.25) is 0 Å². The monoisotopic (exact) mass is 416 g/mol. The predicted molar refractivity (Wildman–Crippen MR) is 100 cm³/mol. The molecule has 3 aromatic rings. The zero-order valence-corrected chi connectivity index (χ0v) is 17.5. The van der Waals surface area contributed by atoms with Gasteiger partial charge in [-0.25, -0.2) is 0 Å². The van der Waals surface area contributed by atoms with Gasteiger partial charge in [-0.05, 0) is 30.3 Å². The van der Waals surface area contributed by atoms with Crippen LogP contribution in [-0.4, -0.2) is 57.7 Å². The zero-order chi connectivity index (χ0) is 19.1. The van der Waals surface area contributed by atoms with Crippen molar-refractivity contribution < 1.29 is 28.1 Å². The molecule has 8 nitrogen and oxygen atoms in total. The van der Waals surface area contributed by atoms with Gasteiger partial charge in [-0.1, -0.05) is 23.9 Å². The molecule has 135 valence electrons. The van der Waals surface area contributed by atoms with Crippen LogP contribution in [0.3, 0.4) is 0 Å². The molecule has 0 aliphatic rings. The van der Waals surface area contributed by atoms with E-state index in [1.807, 2.05) is 0 Å². The predicted octanol–water partition coefficient (Wildman–Crippen LogP) is 3.18. The number of phenols is 2. The van der Waals surface area contributed by atoms with Gasteiger partial charge in [0.15, 0.2) is 11.5 Å². The number of para-hydroxylation sites is 1. The minimum atomic E-state index is -4.49. The number of nitro benzene ring substituents is 1. The fourth-order valence-corrected chi connectivity index (χ4v) is 3.99. The first-order valence-electron chi connectivity index (χ1n) is 7.06. The zero-order valence-electron chi connectivity index (χ0n) is 13.9. The van der Waals surface area contributed by atoms with Crippen LogP contribution >= 0.6 is 11.8 Å². The van der Waals surface area contributed by atoms with E-state index >= 15 is 0 Å². The van der Waals surface area contributed by atoms with E-state index in [0.717, 1.165) is 23.9 Å². The van der Waals surface area contributed by atoms with Gasteiger partial charge in [-0.3, -0.25) is 14.7 Å². The Bertz CT molecular complexity index is 1150. The summed E-state index contributed by atoms with van der Waals surface area (Å²) in [6.07, 6.45) is 0. The van der Waals surface area contributed by atoms with E-state index < -0.39 is 31.4 Å². The molecule has 1 radical (unpaired) electrons. The molecule has 3 rings (SSSR count). The van der Waals surface area contributed by atoms with Crippen molar-refractivity contribution in [3.05, 3.63) is 58.6 Å². The van der Waals surface area contributed by atoms with Gasteiger partial charge in [0.05, 0.1) is 14.7 Å². The number of rotatable bonds is 4. The van der Waals surface area contributed by atoms with Crippen LogP contribution in [0.2, 0.25) is 0 Å². The Morgan fingerprint density at radius 2 is 1.63 bits per heavy atom. The molecule has 3 aromatic carbocycles. The SMILES string of the molecule is O=[N+]([O-])c1ccccc1Sc1cc(O)c(O)c2ccc(S(=O)(=O)O)cc12.[Na]. The summed E-state index contributed by atoms with van der Waals surface area (Å²) in [7, 11) is -4.49. The van der Waals surface area contributed by atoms with Crippen LogP contribution in [0, 0.1) is 10.1 Å². The van der Waals surface area contributed by atoms with Crippen LogP contribution in [0.5, 0.6) is 11.5 Å². The van der Waals surface area contributed by atoms with Gasteiger partial charge in [-0.15, -0.1) is 0 Å². The van der Waals surface area contributed by atoms with Crippen molar-refractivity contribution in [2.24, 2.45) is 0 Å². The van der Waals surface area contributed by atoms with Crippen LogP contribution in [0.1, 0.15) is 0 Å². The first kappa shape index (κ1) is 21.5. The second-order valence-electron chi connectivity index (χ2n) is 5.25. The van der Waals surface area contributed by atoms with E-state index in [1.165, 1.54) is 30.3 Å². The molecule has 0 heterocycles. The van der Waals surface area contributed by atoms with Gasteiger partial charge in [0.25, 0.3) is 15.8 Å².